The van der Waals surface area contributed by atoms with Crippen LogP contribution < -0.4 is 0 Å². The molecule has 1 fully saturated rings. The molecular weight excluding hydrogens is 296 g/mol. The van der Waals surface area contributed by atoms with E-state index in [0.29, 0.717) is 23.1 Å². The van der Waals surface area contributed by atoms with Crippen LogP contribution >= 0.6 is 27.5 Å². The van der Waals surface area contributed by atoms with E-state index in [-0.39, 0.29) is 11.3 Å². The maximum Gasteiger partial charge on any atom is 0.254 e. The van der Waals surface area contributed by atoms with Crippen LogP contribution in [0.4, 0.5) is 4.39 Å². The molecule has 0 aromatic heterocycles. The minimum Gasteiger partial charge on any atom is -0.337 e. The second kappa shape index (κ2) is 4.72. The van der Waals surface area contributed by atoms with Gasteiger partial charge in [0.15, 0.2) is 0 Å². The number of alkyl halides is 1. The molecule has 1 aliphatic heterocycles. The Morgan fingerprint density at radius 3 is 2.81 bits per heavy atom. The normalized spacial score (nSPS) is 20.2. The Balaban J connectivity index is 2.20. The summed E-state index contributed by atoms with van der Waals surface area (Å²) >= 11 is 9.09. The lowest BCUT2D eigenvalue weighted by Gasteiger charge is -2.15. The summed E-state index contributed by atoms with van der Waals surface area (Å²) in [5, 5.41) is 0.0148. The SMILES string of the molecule is O=C(c1cc(F)cc(Br)c1)N1CCC(Cl)C1. The van der Waals surface area contributed by atoms with Crippen molar-refractivity contribution in [3.05, 3.63) is 34.1 Å². The van der Waals surface area contributed by atoms with E-state index < -0.39 is 5.82 Å². The summed E-state index contributed by atoms with van der Waals surface area (Å²) in [5.74, 6) is -0.581. The standard InChI is InChI=1S/C11H10BrClFNO/c12-8-3-7(4-10(14)5-8)11(16)15-2-1-9(13)6-15/h3-5,9H,1-2,6H2. The monoisotopic (exact) mass is 305 g/mol. The molecule has 0 saturated carbocycles. The summed E-state index contributed by atoms with van der Waals surface area (Å²) < 4.78 is 13.7. The molecule has 0 aliphatic carbocycles. The largest absolute Gasteiger partial charge is 0.337 e. The van der Waals surface area contributed by atoms with Crippen LogP contribution in [0.2, 0.25) is 0 Å². The van der Waals surface area contributed by atoms with Gasteiger partial charge in [0.25, 0.3) is 5.91 Å². The van der Waals surface area contributed by atoms with Gasteiger partial charge in [0.05, 0.1) is 5.38 Å². The second-order valence-corrected chi connectivity index (χ2v) is 5.33. The summed E-state index contributed by atoms with van der Waals surface area (Å²) in [6, 6.07) is 4.19. The Morgan fingerprint density at radius 1 is 1.50 bits per heavy atom. The highest BCUT2D eigenvalue weighted by Crippen LogP contribution is 2.20. The number of amides is 1. The molecular formula is C11H10BrClFNO. The van der Waals surface area contributed by atoms with E-state index in [1.165, 1.54) is 12.1 Å². The average Bonchev–Trinajstić information content (AvgIpc) is 2.62. The predicted octanol–water partition coefficient (Wildman–Crippen LogP) is 3.04. The number of hydrogen-bond acceptors (Lipinski definition) is 1. The molecule has 86 valence electrons. The molecule has 0 radical (unpaired) electrons. The Hall–Kier alpha value is -0.610. The van der Waals surface area contributed by atoms with Crippen LogP contribution in [0.5, 0.6) is 0 Å². The van der Waals surface area contributed by atoms with Crippen molar-refractivity contribution in [1.82, 2.24) is 4.90 Å². The van der Waals surface area contributed by atoms with Crippen LogP contribution in [-0.4, -0.2) is 29.3 Å². The first-order valence-electron chi connectivity index (χ1n) is 4.95. The smallest absolute Gasteiger partial charge is 0.254 e. The third-order valence-electron chi connectivity index (χ3n) is 2.53. The first-order valence-corrected chi connectivity index (χ1v) is 6.18. The Bertz CT molecular complexity index is 406. The predicted molar refractivity (Wildman–Crippen MR) is 64.3 cm³/mol. The number of rotatable bonds is 1. The van der Waals surface area contributed by atoms with Crippen LogP contribution in [0, 0.1) is 5.82 Å². The quantitative estimate of drug-likeness (QED) is 0.730. The van der Waals surface area contributed by atoms with E-state index in [0.717, 1.165) is 6.42 Å². The molecule has 0 spiro atoms. The summed E-state index contributed by atoms with van der Waals surface area (Å²) in [5.41, 5.74) is 0.359. The molecule has 1 aromatic carbocycles. The van der Waals surface area contributed by atoms with Gasteiger partial charge in [-0.1, -0.05) is 15.9 Å². The molecule has 0 bridgehead atoms. The fourth-order valence-electron chi connectivity index (χ4n) is 1.76. The van der Waals surface area contributed by atoms with Gasteiger partial charge in [-0.3, -0.25) is 4.79 Å². The number of nitrogens with zero attached hydrogens (tertiary/aromatic N) is 1. The highest BCUT2D eigenvalue weighted by atomic mass is 79.9. The first-order chi connectivity index (χ1) is 7.56. The molecule has 1 aliphatic rings. The van der Waals surface area contributed by atoms with Gasteiger partial charge in [-0.25, -0.2) is 4.39 Å². The Kier molecular flexibility index (Phi) is 3.50. The van der Waals surface area contributed by atoms with Gasteiger partial charge in [-0.05, 0) is 24.6 Å². The van der Waals surface area contributed by atoms with Crippen LogP contribution in [0.3, 0.4) is 0 Å². The Labute approximate surface area is 107 Å². The Morgan fingerprint density at radius 2 is 2.25 bits per heavy atom. The molecule has 1 atom stereocenters. The van der Waals surface area contributed by atoms with Crippen molar-refractivity contribution < 1.29 is 9.18 Å². The summed E-state index contributed by atoms with van der Waals surface area (Å²) in [6.07, 6.45) is 0.795. The van der Waals surface area contributed by atoms with Crippen molar-refractivity contribution in [2.75, 3.05) is 13.1 Å². The number of carbonyl (C=O) groups excluding carboxylic acids is 1. The van der Waals surface area contributed by atoms with E-state index in [1.54, 1.807) is 11.0 Å². The molecule has 1 heterocycles. The number of benzene rings is 1. The second-order valence-electron chi connectivity index (χ2n) is 3.80. The highest BCUT2D eigenvalue weighted by Gasteiger charge is 2.25. The van der Waals surface area contributed by atoms with Gasteiger partial charge in [0.2, 0.25) is 0 Å². The minimum atomic E-state index is -0.417. The number of hydrogen-bond donors (Lipinski definition) is 0. The maximum atomic E-state index is 13.1. The molecule has 5 heteroatoms. The molecule has 1 unspecified atom stereocenters. The lowest BCUT2D eigenvalue weighted by atomic mass is 10.2. The fourth-order valence-corrected chi connectivity index (χ4v) is 2.49. The van der Waals surface area contributed by atoms with Crippen molar-refractivity contribution in [3.63, 3.8) is 0 Å². The lowest BCUT2D eigenvalue weighted by molar-refractivity contribution is 0.0792. The highest BCUT2D eigenvalue weighted by molar-refractivity contribution is 9.10. The maximum absolute atomic E-state index is 13.1. The zero-order valence-electron chi connectivity index (χ0n) is 8.42. The van der Waals surface area contributed by atoms with Gasteiger partial charge in [-0.2, -0.15) is 0 Å². The first kappa shape index (κ1) is 11.9. The van der Waals surface area contributed by atoms with Crippen LogP contribution in [0.1, 0.15) is 16.8 Å². The van der Waals surface area contributed by atoms with Crippen molar-refractivity contribution >= 4 is 33.4 Å². The van der Waals surface area contributed by atoms with E-state index in [1.807, 2.05) is 0 Å². The number of carbonyl (C=O) groups is 1. The summed E-state index contributed by atoms with van der Waals surface area (Å²) in [7, 11) is 0. The zero-order valence-corrected chi connectivity index (χ0v) is 10.8. The zero-order chi connectivity index (χ0) is 11.7. The van der Waals surface area contributed by atoms with Crippen molar-refractivity contribution in [2.45, 2.75) is 11.8 Å². The molecule has 1 amide bonds. The molecule has 16 heavy (non-hydrogen) atoms. The molecule has 1 aromatic rings. The number of likely N-dealkylation sites (tertiary alicyclic amines) is 1. The van der Waals surface area contributed by atoms with Crippen molar-refractivity contribution in [1.29, 1.82) is 0 Å². The third kappa shape index (κ3) is 2.55. The minimum absolute atomic E-state index is 0.0148. The summed E-state index contributed by atoms with van der Waals surface area (Å²) in [4.78, 5) is 13.6. The van der Waals surface area contributed by atoms with Crippen LogP contribution in [-0.2, 0) is 0 Å². The van der Waals surface area contributed by atoms with Gasteiger partial charge in [0.1, 0.15) is 5.82 Å². The van der Waals surface area contributed by atoms with Crippen molar-refractivity contribution in [3.8, 4) is 0 Å². The average molecular weight is 307 g/mol. The molecule has 0 N–H and O–H groups in total. The van der Waals surface area contributed by atoms with Gasteiger partial charge in [0, 0.05) is 23.1 Å². The molecule has 2 nitrogen and oxygen atoms in total. The third-order valence-corrected chi connectivity index (χ3v) is 3.34. The van der Waals surface area contributed by atoms with E-state index in [4.69, 9.17) is 11.6 Å². The molecule has 2 rings (SSSR count). The van der Waals surface area contributed by atoms with Gasteiger partial charge >= 0.3 is 0 Å². The topological polar surface area (TPSA) is 20.3 Å². The van der Waals surface area contributed by atoms with E-state index in [2.05, 4.69) is 15.9 Å². The van der Waals surface area contributed by atoms with Crippen LogP contribution in [0.15, 0.2) is 22.7 Å². The lowest BCUT2D eigenvalue weighted by Crippen LogP contribution is -2.28. The molecule has 1 saturated heterocycles. The van der Waals surface area contributed by atoms with Gasteiger partial charge in [-0.15, -0.1) is 11.6 Å². The van der Waals surface area contributed by atoms with Gasteiger partial charge < -0.3 is 4.90 Å². The van der Waals surface area contributed by atoms with E-state index >= 15 is 0 Å². The fraction of sp³-hybridized carbons (Fsp3) is 0.364. The van der Waals surface area contributed by atoms with E-state index in [9.17, 15) is 9.18 Å². The van der Waals surface area contributed by atoms with Crippen LogP contribution in [0.25, 0.3) is 0 Å². The van der Waals surface area contributed by atoms with Crippen molar-refractivity contribution in [2.24, 2.45) is 0 Å². The number of halogens is 3. The summed E-state index contributed by atoms with van der Waals surface area (Å²) in [6.45, 7) is 1.18.